The number of hydrogen-bond donors (Lipinski definition) is 1. The number of aliphatic hydroxyl groups is 1. The van der Waals surface area contributed by atoms with Crippen molar-refractivity contribution in [2.24, 2.45) is 5.92 Å². The summed E-state index contributed by atoms with van der Waals surface area (Å²) in [7, 11) is 1.41. The molecule has 0 aliphatic heterocycles. The monoisotopic (exact) mass is 200 g/mol. The van der Waals surface area contributed by atoms with Crippen LogP contribution in [0.4, 0.5) is 0 Å². The first-order valence-electron chi connectivity index (χ1n) is 5.49. The van der Waals surface area contributed by atoms with Gasteiger partial charge in [0.25, 0.3) is 0 Å². The molecule has 0 bridgehead atoms. The highest BCUT2D eigenvalue weighted by molar-refractivity contribution is 5.69. The van der Waals surface area contributed by atoms with Crippen LogP contribution >= 0.6 is 0 Å². The van der Waals surface area contributed by atoms with Gasteiger partial charge in [-0.15, -0.1) is 0 Å². The Hall–Kier alpha value is -0.570. The van der Waals surface area contributed by atoms with Gasteiger partial charge in [0.2, 0.25) is 0 Å². The van der Waals surface area contributed by atoms with Crippen molar-refractivity contribution in [3.05, 3.63) is 0 Å². The summed E-state index contributed by atoms with van der Waals surface area (Å²) in [5.74, 6) is 0.137. The van der Waals surface area contributed by atoms with Crippen molar-refractivity contribution in [1.29, 1.82) is 0 Å². The highest BCUT2D eigenvalue weighted by atomic mass is 16.5. The first kappa shape index (κ1) is 11.5. The summed E-state index contributed by atoms with van der Waals surface area (Å²) in [6, 6.07) is 0. The Morgan fingerprint density at radius 1 is 1.36 bits per heavy atom. The maximum absolute atomic E-state index is 10.9. The summed E-state index contributed by atoms with van der Waals surface area (Å²) >= 11 is 0. The largest absolute Gasteiger partial charge is 0.469 e. The number of ether oxygens (including phenoxy) is 1. The summed E-state index contributed by atoms with van der Waals surface area (Å²) < 4.78 is 4.59. The lowest BCUT2D eigenvalue weighted by molar-refractivity contribution is -0.141. The molecule has 3 heteroatoms. The molecular weight excluding hydrogens is 180 g/mol. The zero-order valence-electron chi connectivity index (χ0n) is 8.87. The molecule has 14 heavy (non-hydrogen) atoms. The summed E-state index contributed by atoms with van der Waals surface area (Å²) in [6.45, 7) is 0. The fourth-order valence-corrected chi connectivity index (χ4v) is 2.11. The zero-order valence-corrected chi connectivity index (χ0v) is 8.87. The highest BCUT2D eigenvalue weighted by Crippen LogP contribution is 2.26. The summed E-state index contributed by atoms with van der Waals surface area (Å²) in [6.07, 6.45) is 6.47. The molecular formula is C11H20O3. The van der Waals surface area contributed by atoms with Crippen LogP contribution in [0.5, 0.6) is 0 Å². The van der Waals surface area contributed by atoms with Gasteiger partial charge in [0.05, 0.1) is 13.2 Å². The number of esters is 1. The third-order valence-corrected chi connectivity index (χ3v) is 3.07. The third kappa shape index (κ3) is 3.66. The van der Waals surface area contributed by atoms with Crippen molar-refractivity contribution >= 4 is 5.97 Å². The molecule has 1 fully saturated rings. The van der Waals surface area contributed by atoms with Crippen molar-refractivity contribution < 1.29 is 14.6 Å². The van der Waals surface area contributed by atoms with E-state index in [9.17, 15) is 9.90 Å². The van der Waals surface area contributed by atoms with E-state index in [-0.39, 0.29) is 12.1 Å². The normalized spacial score (nSPS) is 28.1. The predicted octanol–water partition coefficient (Wildman–Crippen LogP) is 1.88. The van der Waals surface area contributed by atoms with Crippen LogP contribution in [-0.4, -0.2) is 24.3 Å². The van der Waals surface area contributed by atoms with Gasteiger partial charge < -0.3 is 9.84 Å². The maximum Gasteiger partial charge on any atom is 0.305 e. The summed E-state index contributed by atoms with van der Waals surface area (Å²) in [5, 5.41) is 9.78. The van der Waals surface area contributed by atoms with Gasteiger partial charge in [0.15, 0.2) is 0 Å². The number of rotatable bonds is 3. The predicted molar refractivity (Wildman–Crippen MR) is 53.8 cm³/mol. The van der Waals surface area contributed by atoms with Gasteiger partial charge in [-0.05, 0) is 25.2 Å². The van der Waals surface area contributed by atoms with Crippen LogP contribution in [0.1, 0.15) is 44.9 Å². The average Bonchev–Trinajstić information content (AvgIpc) is 2.39. The zero-order chi connectivity index (χ0) is 10.4. The molecule has 0 saturated heterocycles. The molecule has 0 spiro atoms. The fourth-order valence-electron chi connectivity index (χ4n) is 2.11. The second kappa shape index (κ2) is 6.02. The minimum absolute atomic E-state index is 0.165. The smallest absolute Gasteiger partial charge is 0.305 e. The van der Waals surface area contributed by atoms with E-state index < -0.39 is 0 Å². The van der Waals surface area contributed by atoms with E-state index in [0.717, 1.165) is 25.7 Å². The van der Waals surface area contributed by atoms with Crippen LogP contribution in [0.15, 0.2) is 0 Å². The Morgan fingerprint density at radius 3 is 2.79 bits per heavy atom. The Kier molecular flexibility index (Phi) is 4.94. The molecule has 0 amide bonds. The second-order valence-corrected chi connectivity index (χ2v) is 4.08. The molecule has 0 heterocycles. The van der Waals surface area contributed by atoms with Crippen LogP contribution in [0.25, 0.3) is 0 Å². The molecule has 1 aliphatic rings. The van der Waals surface area contributed by atoms with E-state index in [0.29, 0.717) is 12.3 Å². The fraction of sp³-hybridized carbons (Fsp3) is 0.909. The van der Waals surface area contributed by atoms with Gasteiger partial charge in [0.1, 0.15) is 0 Å². The van der Waals surface area contributed by atoms with Crippen LogP contribution in [0.2, 0.25) is 0 Å². The lowest BCUT2D eigenvalue weighted by Gasteiger charge is -2.19. The molecule has 2 atom stereocenters. The van der Waals surface area contributed by atoms with E-state index >= 15 is 0 Å². The van der Waals surface area contributed by atoms with E-state index in [4.69, 9.17) is 0 Å². The lowest BCUT2D eigenvalue weighted by atomic mass is 9.92. The molecule has 1 saturated carbocycles. The molecule has 3 nitrogen and oxygen atoms in total. The number of carbonyl (C=O) groups is 1. The number of aliphatic hydroxyl groups excluding tert-OH is 1. The van der Waals surface area contributed by atoms with Gasteiger partial charge in [-0.2, -0.15) is 0 Å². The minimum Gasteiger partial charge on any atom is -0.469 e. The second-order valence-electron chi connectivity index (χ2n) is 4.08. The summed E-state index contributed by atoms with van der Waals surface area (Å²) in [4.78, 5) is 10.9. The van der Waals surface area contributed by atoms with Gasteiger partial charge in [-0.1, -0.05) is 19.3 Å². The Balaban J connectivity index is 2.29. The third-order valence-electron chi connectivity index (χ3n) is 3.07. The Morgan fingerprint density at radius 2 is 2.07 bits per heavy atom. The quantitative estimate of drug-likeness (QED) is 0.559. The molecule has 0 aromatic carbocycles. The SMILES string of the molecule is COC(=O)CCC1CCCCCC1O. The maximum atomic E-state index is 10.9. The standard InChI is InChI=1S/C11H20O3/c1-14-11(13)8-7-9-5-3-2-4-6-10(9)12/h9-10,12H,2-8H2,1H3. The molecule has 0 aromatic heterocycles. The van der Waals surface area contributed by atoms with Crippen LogP contribution < -0.4 is 0 Å². The molecule has 1 rings (SSSR count). The van der Waals surface area contributed by atoms with Gasteiger partial charge in [0, 0.05) is 6.42 Å². The lowest BCUT2D eigenvalue weighted by Crippen LogP contribution is -2.20. The van der Waals surface area contributed by atoms with Gasteiger partial charge in [-0.25, -0.2) is 0 Å². The van der Waals surface area contributed by atoms with E-state index in [1.807, 2.05) is 0 Å². The number of methoxy groups -OCH3 is 1. The van der Waals surface area contributed by atoms with Crippen molar-refractivity contribution in [3.8, 4) is 0 Å². The average molecular weight is 200 g/mol. The van der Waals surface area contributed by atoms with E-state index in [1.165, 1.54) is 20.0 Å². The first-order valence-corrected chi connectivity index (χ1v) is 5.49. The van der Waals surface area contributed by atoms with Crippen molar-refractivity contribution in [1.82, 2.24) is 0 Å². The number of carbonyl (C=O) groups excluding carboxylic acids is 1. The molecule has 1 aliphatic carbocycles. The van der Waals surface area contributed by atoms with Crippen LogP contribution in [-0.2, 0) is 9.53 Å². The van der Waals surface area contributed by atoms with Crippen LogP contribution in [0, 0.1) is 5.92 Å². The number of hydrogen-bond acceptors (Lipinski definition) is 3. The Bertz CT molecular complexity index is 179. The molecule has 1 N–H and O–H groups in total. The molecule has 0 radical (unpaired) electrons. The topological polar surface area (TPSA) is 46.5 Å². The molecule has 2 unspecified atom stereocenters. The summed E-state index contributed by atoms with van der Waals surface area (Å²) in [5.41, 5.74) is 0. The highest BCUT2D eigenvalue weighted by Gasteiger charge is 2.22. The molecule has 0 aromatic rings. The van der Waals surface area contributed by atoms with E-state index in [2.05, 4.69) is 4.74 Å². The van der Waals surface area contributed by atoms with Crippen LogP contribution in [0.3, 0.4) is 0 Å². The van der Waals surface area contributed by atoms with Gasteiger partial charge >= 0.3 is 5.97 Å². The van der Waals surface area contributed by atoms with Crippen molar-refractivity contribution in [2.75, 3.05) is 7.11 Å². The van der Waals surface area contributed by atoms with Crippen molar-refractivity contribution in [2.45, 2.75) is 51.0 Å². The molecule has 82 valence electrons. The van der Waals surface area contributed by atoms with Crippen molar-refractivity contribution in [3.63, 3.8) is 0 Å². The van der Waals surface area contributed by atoms with E-state index in [1.54, 1.807) is 0 Å². The Labute approximate surface area is 85.5 Å². The minimum atomic E-state index is -0.206. The first-order chi connectivity index (χ1) is 6.74. The van der Waals surface area contributed by atoms with Gasteiger partial charge in [-0.3, -0.25) is 4.79 Å².